The van der Waals surface area contributed by atoms with Crippen LogP contribution in [0.4, 0.5) is 11.4 Å². The summed E-state index contributed by atoms with van der Waals surface area (Å²) >= 11 is 6.27. The van der Waals surface area contributed by atoms with Crippen molar-refractivity contribution >= 4 is 28.9 Å². The molecule has 2 saturated heterocycles. The van der Waals surface area contributed by atoms with E-state index in [2.05, 4.69) is 33.3 Å². The number of nitrogens with one attached hydrogen (secondary N) is 1. The van der Waals surface area contributed by atoms with Crippen molar-refractivity contribution in [1.82, 2.24) is 4.90 Å². The lowest BCUT2D eigenvalue weighted by molar-refractivity contribution is -0.121. The Labute approximate surface area is 172 Å². The molecular formula is C23H28ClN3O. The Morgan fingerprint density at radius 3 is 2.32 bits per heavy atom. The second-order valence-electron chi connectivity index (χ2n) is 7.87. The topological polar surface area (TPSA) is 35.6 Å². The van der Waals surface area contributed by atoms with Gasteiger partial charge >= 0.3 is 0 Å². The minimum absolute atomic E-state index is 0.0840. The SMILES string of the molecule is O=C(Nc1ccc(N2CCCC2)cc1)C1CCN(Cc2ccccc2Cl)CC1. The number of carbonyl (C=O) groups is 1. The van der Waals surface area contributed by atoms with E-state index in [0.29, 0.717) is 0 Å². The molecule has 0 unspecified atom stereocenters. The predicted molar refractivity (Wildman–Crippen MR) is 116 cm³/mol. The summed E-state index contributed by atoms with van der Waals surface area (Å²) < 4.78 is 0. The number of amides is 1. The van der Waals surface area contributed by atoms with Gasteiger partial charge in [-0.3, -0.25) is 9.69 Å². The average Bonchev–Trinajstić information content (AvgIpc) is 3.26. The minimum Gasteiger partial charge on any atom is -0.372 e. The molecule has 2 aliphatic rings. The van der Waals surface area contributed by atoms with Crippen molar-refractivity contribution in [3.05, 3.63) is 59.1 Å². The van der Waals surface area contributed by atoms with Crippen LogP contribution in [0.15, 0.2) is 48.5 Å². The van der Waals surface area contributed by atoms with Crippen molar-refractivity contribution in [2.75, 3.05) is 36.4 Å². The Morgan fingerprint density at radius 2 is 1.64 bits per heavy atom. The van der Waals surface area contributed by atoms with Crippen molar-refractivity contribution in [3.63, 3.8) is 0 Å². The lowest BCUT2D eigenvalue weighted by Gasteiger charge is -2.31. The Kier molecular flexibility index (Phi) is 6.18. The molecule has 4 rings (SSSR count). The van der Waals surface area contributed by atoms with Gasteiger partial charge in [0.05, 0.1) is 0 Å². The molecule has 28 heavy (non-hydrogen) atoms. The zero-order valence-corrected chi connectivity index (χ0v) is 17.0. The average molecular weight is 398 g/mol. The van der Waals surface area contributed by atoms with Crippen LogP contribution in [-0.2, 0) is 11.3 Å². The fraction of sp³-hybridized carbons (Fsp3) is 0.435. The largest absolute Gasteiger partial charge is 0.372 e. The van der Waals surface area contributed by atoms with Crippen molar-refractivity contribution < 1.29 is 4.79 Å². The molecule has 2 heterocycles. The zero-order valence-electron chi connectivity index (χ0n) is 16.2. The van der Waals surface area contributed by atoms with E-state index in [-0.39, 0.29) is 11.8 Å². The lowest BCUT2D eigenvalue weighted by atomic mass is 9.95. The Hall–Kier alpha value is -2.04. The van der Waals surface area contributed by atoms with Gasteiger partial charge in [0, 0.05) is 41.9 Å². The molecule has 4 nitrogen and oxygen atoms in total. The number of halogens is 1. The molecule has 2 fully saturated rings. The number of piperidine rings is 1. The highest BCUT2D eigenvalue weighted by atomic mass is 35.5. The van der Waals surface area contributed by atoms with Gasteiger partial charge in [0.2, 0.25) is 5.91 Å². The van der Waals surface area contributed by atoms with Crippen molar-refractivity contribution in [3.8, 4) is 0 Å². The normalized spacial score (nSPS) is 18.4. The Bertz CT molecular complexity index is 794. The molecule has 1 amide bonds. The summed E-state index contributed by atoms with van der Waals surface area (Å²) in [6.45, 7) is 4.98. The van der Waals surface area contributed by atoms with Crippen molar-refractivity contribution in [2.24, 2.45) is 5.92 Å². The first-order valence-corrected chi connectivity index (χ1v) is 10.7. The summed E-state index contributed by atoms with van der Waals surface area (Å²) in [5.41, 5.74) is 3.31. The predicted octanol–water partition coefficient (Wildman–Crippen LogP) is 4.79. The fourth-order valence-electron chi connectivity index (χ4n) is 4.20. The molecular weight excluding hydrogens is 370 g/mol. The van der Waals surface area contributed by atoms with Gasteiger partial charge in [-0.15, -0.1) is 0 Å². The molecule has 5 heteroatoms. The second kappa shape index (κ2) is 8.97. The molecule has 1 N–H and O–H groups in total. The van der Waals surface area contributed by atoms with E-state index in [1.165, 1.54) is 18.5 Å². The van der Waals surface area contributed by atoms with Gasteiger partial charge in [-0.1, -0.05) is 29.8 Å². The van der Waals surface area contributed by atoms with Crippen LogP contribution in [0.25, 0.3) is 0 Å². The van der Waals surface area contributed by atoms with Crippen LogP contribution in [0.1, 0.15) is 31.2 Å². The molecule has 148 valence electrons. The lowest BCUT2D eigenvalue weighted by Crippen LogP contribution is -2.37. The van der Waals surface area contributed by atoms with E-state index in [4.69, 9.17) is 11.6 Å². The van der Waals surface area contributed by atoms with E-state index >= 15 is 0 Å². The molecule has 0 aliphatic carbocycles. The number of hydrogen-bond acceptors (Lipinski definition) is 3. The van der Waals surface area contributed by atoms with Crippen LogP contribution in [0.5, 0.6) is 0 Å². The summed E-state index contributed by atoms with van der Waals surface area (Å²) in [5.74, 6) is 0.229. The van der Waals surface area contributed by atoms with Gasteiger partial charge in [0.25, 0.3) is 0 Å². The molecule has 2 aromatic rings. The van der Waals surface area contributed by atoms with Crippen molar-refractivity contribution in [1.29, 1.82) is 0 Å². The fourth-order valence-corrected chi connectivity index (χ4v) is 4.39. The van der Waals surface area contributed by atoms with E-state index in [0.717, 1.165) is 61.8 Å². The van der Waals surface area contributed by atoms with Crippen LogP contribution >= 0.6 is 11.6 Å². The number of anilines is 2. The van der Waals surface area contributed by atoms with E-state index in [1.54, 1.807) is 0 Å². The van der Waals surface area contributed by atoms with Gasteiger partial charge in [0.1, 0.15) is 0 Å². The maximum absolute atomic E-state index is 12.7. The number of nitrogens with zero attached hydrogens (tertiary/aromatic N) is 2. The first-order chi connectivity index (χ1) is 13.7. The first kappa shape index (κ1) is 19.3. The molecule has 0 bridgehead atoms. The van der Waals surface area contributed by atoms with Crippen LogP contribution in [0.2, 0.25) is 5.02 Å². The van der Waals surface area contributed by atoms with Crippen LogP contribution in [0.3, 0.4) is 0 Å². The molecule has 0 spiro atoms. The number of hydrogen-bond donors (Lipinski definition) is 1. The molecule has 2 aliphatic heterocycles. The minimum atomic E-state index is 0.0840. The van der Waals surface area contributed by atoms with E-state index in [1.807, 2.05) is 30.3 Å². The molecule has 0 aromatic heterocycles. The van der Waals surface area contributed by atoms with Crippen LogP contribution < -0.4 is 10.2 Å². The summed E-state index contributed by atoms with van der Waals surface area (Å²) in [5, 5.41) is 3.93. The summed E-state index contributed by atoms with van der Waals surface area (Å²) in [4.78, 5) is 17.5. The summed E-state index contributed by atoms with van der Waals surface area (Å²) in [6, 6.07) is 16.3. The van der Waals surface area contributed by atoms with Crippen LogP contribution in [-0.4, -0.2) is 37.0 Å². The molecule has 0 atom stereocenters. The Morgan fingerprint density at radius 1 is 0.964 bits per heavy atom. The molecule has 2 aromatic carbocycles. The maximum atomic E-state index is 12.7. The second-order valence-corrected chi connectivity index (χ2v) is 8.28. The maximum Gasteiger partial charge on any atom is 0.227 e. The van der Waals surface area contributed by atoms with Gasteiger partial charge in [0.15, 0.2) is 0 Å². The number of benzene rings is 2. The van der Waals surface area contributed by atoms with Gasteiger partial charge < -0.3 is 10.2 Å². The quantitative estimate of drug-likeness (QED) is 0.787. The first-order valence-electron chi connectivity index (χ1n) is 10.3. The van der Waals surface area contributed by atoms with Gasteiger partial charge in [-0.25, -0.2) is 0 Å². The highest BCUT2D eigenvalue weighted by molar-refractivity contribution is 6.31. The highest BCUT2D eigenvalue weighted by Gasteiger charge is 2.25. The third-order valence-corrected chi connectivity index (χ3v) is 6.28. The Balaban J connectivity index is 1.26. The number of carbonyl (C=O) groups excluding carboxylic acids is 1. The van der Waals surface area contributed by atoms with Gasteiger partial charge in [-0.05, 0) is 74.7 Å². The molecule has 0 saturated carbocycles. The van der Waals surface area contributed by atoms with E-state index in [9.17, 15) is 4.79 Å². The third-order valence-electron chi connectivity index (χ3n) is 5.92. The van der Waals surface area contributed by atoms with Crippen molar-refractivity contribution in [2.45, 2.75) is 32.2 Å². The summed E-state index contributed by atoms with van der Waals surface area (Å²) in [6.07, 6.45) is 4.33. The van der Waals surface area contributed by atoms with Crippen LogP contribution in [0, 0.1) is 5.92 Å². The monoisotopic (exact) mass is 397 g/mol. The van der Waals surface area contributed by atoms with Gasteiger partial charge in [-0.2, -0.15) is 0 Å². The third kappa shape index (κ3) is 4.68. The zero-order chi connectivity index (χ0) is 19.3. The smallest absolute Gasteiger partial charge is 0.227 e. The highest BCUT2D eigenvalue weighted by Crippen LogP contribution is 2.25. The summed E-state index contributed by atoms with van der Waals surface area (Å²) in [7, 11) is 0. The van der Waals surface area contributed by atoms with E-state index < -0.39 is 0 Å². The number of rotatable bonds is 5. The number of likely N-dealkylation sites (tertiary alicyclic amines) is 1. The molecule has 0 radical (unpaired) electrons. The standard InChI is InChI=1S/C23H28ClN3O/c24-22-6-2-1-5-19(22)17-26-15-11-18(12-16-26)23(28)25-20-7-9-21(10-8-20)27-13-3-4-14-27/h1-2,5-10,18H,3-4,11-17H2,(H,25,28).